The van der Waals surface area contributed by atoms with Crippen LogP contribution in [0.3, 0.4) is 0 Å². The van der Waals surface area contributed by atoms with Gasteiger partial charge in [0.05, 0.1) is 5.75 Å². The fourth-order valence-electron chi connectivity index (χ4n) is 2.66. The van der Waals surface area contributed by atoms with Crippen LogP contribution in [-0.2, 0) is 20.4 Å². The van der Waals surface area contributed by atoms with Gasteiger partial charge in [-0.2, -0.15) is 0 Å². The Bertz CT molecular complexity index is 633. The lowest BCUT2D eigenvalue weighted by Crippen LogP contribution is -2.47. The largest absolute Gasteiger partial charge is 0.352 e. The number of hydrogen-bond acceptors (Lipinski definition) is 4. The maximum absolute atomic E-state index is 12.1. The van der Waals surface area contributed by atoms with Gasteiger partial charge in [-0.15, -0.1) is 0 Å². The Morgan fingerprint density at radius 1 is 1.45 bits per heavy atom. The first-order valence-corrected chi connectivity index (χ1v) is 9.93. The second-order valence-corrected chi connectivity index (χ2v) is 8.79. The smallest absolute Gasteiger partial charge is 0.235 e. The average molecular weight is 389 g/mol. The number of nitrogens with one attached hydrogen (secondary N) is 2. The van der Waals surface area contributed by atoms with Crippen molar-refractivity contribution in [2.75, 3.05) is 12.3 Å². The van der Waals surface area contributed by atoms with Crippen LogP contribution in [0.5, 0.6) is 0 Å². The minimum Gasteiger partial charge on any atom is -0.352 e. The maximum atomic E-state index is 12.1. The van der Waals surface area contributed by atoms with Crippen LogP contribution in [0, 0.1) is 0 Å². The summed E-state index contributed by atoms with van der Waals surface area (Å²) in [5.74, 6) is -0.991. The van der Waals surface area contributed by atoms with E-state index in [4.69, 9.17) is 0 Å². The first kappa shape index (κ1) is 17.4. The van der Waals surface area contributed by atoms with Gasteiger partial charge >= 0.3 is 0 Å². The van der Waals surface area contributed by atoms with Crippen LogP contribution in [0.4, 0.5) is 0 Å². The van der Waals surface area contributed by atoms with E-state index in [0.29, 0.717) is 11.6 Å². The van der Waals surface area contributed by atoms with Crippen molar-refractivity contribution < 1.29 is 13.2 Å². The number of sulfone groups is 1. The van der Waals surface area contributed by atoms with Gasteiger partial charge in [0.1, 0.15) is 5.75 Å². The third-order valence-corrected chi connectivity index (χ3v) is 5.58. The van der Waals surface area contributed by atoms with Crippen molar-refractivity contribution in [3.63, 3.8) is 0 Å². The molecular formula is C15H21BrN2O3S. The SMILES string of the molecule is CC1CC(NC(=O)CS(=O)(=O)Cc2cccc(Br)c2)CCN1. The van der Waals surface area contributed by atoms with Crippen LogP contribution >= 0.6 is 15.9 Å². The molecule has 5 nitrogen and oxygen atoms in total. The number of amides is 1. The molecule has 1 aliphatic rings. The second-order valence-electron chi connectivity index (χ2n) is 5.81. The van der Waals surface area contributed by atoms with Gasteiger partial charge in [-0.3, -0.25) is 4.79 Å². The summed E-state index contributed by atoms with van der Waals surface area (Å²) < 4.78 is 25.1. The topological polar surface area (TPSA) is 75.3 Å². The zero-order chi connectivity index (χ0) is 16.2. The highest BCUT2D eigenvalue weighted by atomic mass is 79.9. The Morgan fingerprint density at radius 3 is 2.91 bits per heavy atom. The number of benzene rings is 1. The molecule has 1 heterocycles. The van der Waals surface area contributed by atoms with Gasteiger partial charge in [0.2, 0.25) is 5.91 Å². The molecule has 2 N–H and O–H groups in total. The Kier molecular flexibility index (Phi) is 6.00. The van der Waals surface area contributed by atoms with E-state index < -0.39 is 21.5 Å². The fraction of sp³-hybridized carbons (Fsp3) is 0.533. The maximum Gasteiger partial charge on any atom is 0.235 e. The molecule has 0 bridgehead atoms. The number of hydrogen-bond donors (Lipinski definition) is 2. The molecular weight excluding hydrogens is 368 g/mol. The van der Waals surface area contributed by atoms with Crippen LogP contribution in [0.1, 0.15) is 25.3 Å². The predicted molar refractivity (Wildman–Crippen MR) is 90.3 cm³/mol. The van der Waals surface area contributed by atoms with E-state index >= 15 is 0 Å². The van der Waals surface area contributed by atoms with E-state index in [-0.39, 0.29) is 11.8 Å². The summed E-state index contributed by atoms with van der Waals surface area (Å²) in [4.78, 5) is 12.0. The molecule has 1 amide bonds. The van der Waals surface area contributed by atoms with Gasteiger partial charge in [-0.1, -0.05) is 28.1 Å². The number of rotatable bonds is 5. The summed E-state index contributed by atoms with van der Waals surface area (Å²) in [5.41, 5.74) is 0.678. The summed E-state index contributed by atoms with van der Waals surface area (Å²) in [7, 11) is -3.46. The summed E-state index contributed by atoms with van der Waals surface area (Å²) >= 11 is 3.31. The zero-order valence-electron chi connectivity index (χ0n) is 12.5. The molecule has 1 saturated heterocycles. The minimum atomic E-state index is -3.46. The van der Waals surface area contributed by atoms with E-state index in [0.717, 1.165) is 23.9 Å². The third-order valence-electron chi connectivity index (χ3n) is 3.62. The lowest BCUT2D eigenvalue weighted by Gasteiger charge is -2.28. The highest BCUT2D eigenvalue weighted by Crippen LogP contribution is 2.14. The lowest BCUT2D eigenvalue weighted by atomic mass is 10.0. The summed E-state index contributed by atoms with van der Waals surface area (Å²) in [6, 6.07) is 7.52. The van der Waals surface area contributed by atoms with E-state index in [1.165, 1.54) is 0 Å². The van der Waals surface area contributed by atoms with Crippen LogP contribution in [-0.4, -0.2) is 38.7 Å². The van der Waals surface area contributed by atoms with E-state index in [1.807, 2.05) is 6.07 Å². The van der Waals surface area contributed by atoms with Crippen molar-refractivity contribution in [3.8, 4) is 0 Å². The zero-order valence-corrected chi connectivity index (χ0v) is 14.9. The van der Waals surface area contributed by atoms with Gasteiger partial charge in [-0.25, -0.2) is 8.42 Å². The standard InChI is InChI=1S/C15H21BrN2O3S/c1-11-7-14(5-6-17-11)18-15(19)10-22(20,21)9-12-3-2-4-13(16)8-12/h2-4,8,11,14,17H,5-7,9-10H2,1H3,(H,18,19). The molecule has 1 aliphatic heterocycles. The van der Waals surface area contributed by atoms with Gasteiger partial charge in [0.15, 0.2) is 9.84 Å². The van der Waals surface area contributed by atoms with Gasteiger partial charge < -0.3 is 10.6 Å². The highest BCUT2D eigenvalue weighted by molar-refractivity contribution is 9.10. The molecule has 22 heavy (non-hydrogen) atoms. The molecule has 0 saturated carbocycles. The van der Waals surface area contributed by atoms with Crippen LogP contribution in [0.15, 0.2) is 28.7 Å². The van der Waals surface area contributed by atoms with Crippen molar-refractivity contribution in [2.45, 2.75) is 37.6 Å². The number of carbonyl (C=O) groups excluding carboxylic acids is 1. The quantitative estimate of drug-likeness (QED) is 0.803. The molecule has 2 unspecified atom stereocenters. The molecule has 0 radical (unpaired) electrons. The molecule has 2 rings (SSSR count). The first-order chi connectivity index (χ1) is 10.3. The molecule has 2 atom stereocenters. The van der Waals surface area contributed by atoms with Crippen molar-refractivity contribution in [1.82, 2.24) is 10.6 Å². The van der Waals surface area contributed by atoms with Crippen molar-refractivity contribution >= 4 is 31.7 Å². The van der Waals surface area contributed by atoms with E-state index in [1.54, 1.807) is 18.2 Å². The van der Waals surface area contributed by atoms with Gasteiger partial charge in [0, 0.05) is 16.6 Å². The number of piperidine rings is 1. The molecule has 1 aromatic carbocycles. The third kappa shape index (κ3) is 5.70. The molecule has 0 spiro atoms. The normalized spacial score (nSPS) is 22.3. The Hall–Kier alpha value is -0.920. The van der Waals surface area contributed by atoms with Gasteiger partial charge in [0.25, 0.3) is 0 Å². The summed E-state index contributed by atoms with van der Waals surface area (Å²) in [6.07, 6.45) is 1.67. The second kappa shape index (κ2) is 7.57. The highest BCUT2D eigenvalue weighted by Gasteiger charge is 2.23. The molecule has 1 fully saturated rings. The molecule has 122 valence electrons. The molecule has 0 aliphatic carbocycles. The lowest BCUT2D eigenvalue weighted by molar-refractivity contribution is -0.119. The molecule has 1 aromatic rings. The first-order valence-electron chi connectivity index (χ1n) is 7.32. The minimum absolute atomic E-state index is 0.0600. The van der Waals surface area contributed by atoms with Gasteiger partial charge in [-0.05, 0) is 44.0 Å². The monoisotopic (exact) mass is 388 g/mol. The summed E-state index contributed by atoms with van der Waals surface area (Å²) in [6.45, 7) is 2.90. The van der Waals surface area contributed by atoms with Crippen molar-refractivity contribution in [1.29, 1.82) is 0 Å². The van der Waals surface area contributed by atoms with Crippen molar-refractivity contribution in [2.24, 2.45) is 0 Å². The van der Waals surface area contributed by atoms with Crippen LogP contribution < -0.4 is 10.6 Å². The molecule has 0 aromatic heterocycles. The van der Waals surface area contributed by atoms with E-state index in [2.05, 4.69) is 33.5 Å². The average Bonchev–Trinajstić information content (AvgIpc) is 2.36. The Morgan fingerprint density at radius 2 is 2.23 bits per heavy atom. The number of halogens is 1. The van der Waals surface area contributed by atoms with Crippen LogP contribution in [0.25, 0.3) is 0 Å². The van der Waals surface area contributed by atoms with Crippen molar-refractivity contribution in [3.05, 3.63) is 34.3 Å². The molecule has 7 heteroatoms. The van der Waals surface area contributed by atoms with Crippen LogP contribution in [0.2, 0.25) is 0 Å². The summed E-state index contributed by atoms with van der Waals surface area (Å²) in [5, 5.41) is 6.13. The fourth-order valence-corrected chi connectivity index (χ4v) is 4.38. The number of carbonyl (C=O) groups is 1. The predicted octanol–water partition coefficient (Wildman–Crippen LogP) is 1.62. The Balaban J connectivity index is 1.89. The Labute approximate surface area is 139 Å². The van der Waals surface area contributed by atoms with E-state index in [9.17, 15) is 13.2 Å².